The Kier molecular flexibility index (Phi) is 3.32. The van der Waals surface area contributed by atoms with Crippen LogP contribution in [0.1, 0.15) is 15.9 Å². The predicted molar refractivity (Wildman–Crippen MR) is 62.7 cm³/mol. The molecule has 4 nitrogen and oxygen atoms in total. The first-order valence-corrected chi connectivity index (χ1v) is 5.33. The lowest BCUT2D eigenvalue weighted by molar-refractivity contribution is 0.0596. The van der Waals surface area contributed by atoms with Crippen molar-refractivity contribution < 1.29 is 19.0 Å². The van der Waals surface area contributed by atoms with Gasteiger partial charge < -0.3 is 14.2 Å². The number of ether oxygens (including phenoxy) is 3. The van der Waals surface area contributed by atoms with Crippen LogP contribution in [-0.2, 0) is 11.2 Å². The van der Waals surface area contributed by atoms with Gasteiger partial charge in [-0.2, -0.15) is 0 Å². The summed E-state index contributed by atoms with van der Waals surface area (Å²) in [4.78, 5) is 11.7. The number of benzene rings is 1. The number of hydrogen-bond acceptors (Lipinski definition) is 4. The van der Waals surface area contributed by atoms with E-state index in [0.29, 0.717) is 23.7 Å². The summed E-state index contributed by atoms with van der Waals surface area (Å²) in [5.41, 5.74) is 1.34. The lowest BCUT2D eigenvalue weighted by atomic mass is 10.1. The average Bonchev–Trinajstić information content (AvgIpc) is 2.61. The molecule has 1 aromatic carbocycles. The summed E-state index contributed by atoms with van der Waals surface area (Å²) >= 11 is 0. The second kappa shape index (κ2) is 4.91. The Morgan fingerprint density at radius 3 is 2.82 bits per heavy atom. The summed E-state index contributed by atoms with van der Waals surface area (Å²) in [6, 6.07) is 3.51. The van der Waals surface area contributed by atoms with Gasteiger partial charge in [-0.1, -0.05) is 12.2 Å². The fourth-order valence-corrected chi connectivity index (χ4v) is 1.77. The van der Waals surface area contributed by atoms with Crippen LogP contribution < -0.4 is 9.47 Å². The monoisotopic (exact) mass is 234 g/mol. The molecule has 0 saturated carbocycles. The van der Waals surface area contributed by atoms with E-state index in [9.17, 15) is 4.79 Å². The van der Waals surface area contributed by atoms with Crippen molar-refractivity contribution >= 4 is 5.97 Å². The van der Waals surface area contributed by atoms with Gasteiger partial charge in [0.1, 0.15) is 23.7 Å². The molecular weight excluding hydrogens is 220 g/mol. The zero-order chi connectivity index (χ0) is 12.3. The van der Waals surface area contributed by atoms with Gasteiger partial charge in [0, 0.05) is 5.56 Å². The van der Waals surface area contributed by atoms with Gasteiger partial charge >= 0.3 is 5.97 Å². The van der Waals surface area contributed by atoms with Crippen molar-refractivity contribution in [1.82, 2.24) is 0 Å². The van der Waals surface area contributed by atoms with Crippen molar-refractivity contribution in [3.63, 3.8) is 0 Å². The van der Waals surface area contributed by atoms with Crippen LogP contribution in [0.5, 0.6) is 11.5 Å². The summed E-state index contributed by atoms with van der Waals surface area (Å²) in [6.45, 7) is 0.462. The van der Waals surface area contributed by atoms with Crippen LogP contribution in [0.3, 0.4) is 0 Å². The molecule has 0 amide bonds. The number of fused-ring (bicyclic) bond motifs is 1. The average molecular weight is 234 g/mol. The maximum atomic E-state index is 11.7. The first kappa shape index (κ1) is 11.5. The highest BCUT2D eigenvalue weighted by molar-refractivity contribution is 5.93. The van der Waals surface area contributed by atoms with Gasteiger partial charge in [0.15, 0.2) is 0 Å². The van der Waals surface area contributed by atoms with Crippen LogP contribution in [0.2, 0.25) is 0 Å². The number of allylic oxidation sites excluding steroid dienone is 1. The van der Waals surface area contributed by atoms with Crippen molar-refractivity contribution in [3.05, 3.63) is 35.4 Å². The van der Waals surface area contributed by atoms with E-state index in [1.54, 1.807) is 13.2 Å². The zero-order valence-electron chi connectivity index (χ0n) is 9.86. The van der Waals surface area contributed by atoms with Gasteiger partial charge in [-0.3, -0.25) is 0 Å². The maximum absolute atomic E-state index is 11.7. The number of carbonyl (C=O) groups excluding carboxylic acids is 1. The van der Waals surface area contributed by atoms with Gasteiger partial charge in [-0.15, -0.1) is 0 Å². The Morgan fingerprint density at radius 2 is 2.12 bits per heavy atom. The minimum absolute atomic E-state index is 0.408. The zero-order valence-corrected chi connectivity index (χ0v) is 9.86. The molecule has 1 aliphatic rings. The molecule has 0 fully saturated rings. The Balaban J connectivity index is 2.53. The summed E-state index contributed by atoms with van der Waals surface area (Å²) in [7, 11) is 2.92. The molecule has 0 unspecified atom stereocenters. The third-order valence-electron chi connectivity index (χ3n) is 2.61. The van der Waals surface area contributed by atoms with Crippen LogP contribution in [0.25, 0.3) is 0 Å². The first-order chi connectivity index (χ1) is 8.26. The molecule has 0 atom stereocenters. The SMILES string of the molecule is COC(=O)c1cc(OC)cc2c1OCC=CC2. The molecule has 1 aliphatic heterocycles. The Bertz CT molecular complexity index is 463. The Labute approximate surface area is 99.8 Å². The summed E-state index contributed by atoms with van der Waals surface area (Å²) < 4.78 is 15.5. The molecule has 90 valence electrons. The molecule has 0 aliphatic carbocycles. The number of rotatable bonds is 2. The fraction of sp³-hybridized carbons (Fsp3) is 0.308. The number of carbonyl (C=O) groups is 1. The second-order valence-electron chi connectivity index (χ2n) is 3.64. The highest BCUT2D eigenvalue weighted by Crippen LogP contribution is 2.32. The van der Waals surface area contributed by atoms with Gasteiger partial charge in [-0.05, 0) is 18.6 Å². The molecule has 0 bridgehead atoms. The minimum atomic E-state index is -0.415. The normalized spacial score (nSPS) is 13.3. The highest BCUT2D eigenvalue weighted by Gasteiger charge is 2.19. The molecule has 0 N–H and O–H groups in total. The Hall–Kier alpha value is -1.97. The van der Waals surface area contributed by atoms with Gasteiger partial charge in [0.25, 0.3) is 0 Å². The van der Waals surface area contributed by atoms with E-state index in [0.717, 1.165) is 12.0 Å². The van der Waals surface area contributed by atoms with Crippen molar-refractivity contribution in [2.45, 2.75) is 6.42 Å². The van der Waals surface area contributed by atoms with E-state index in [4.69, 9.17) is 14.2 Å². The van der Waals surface area contributed by atoms with Crippen molar-refractivity contribution in [1.29, 1.82) is 0 Å². The smallest absolute Gasteiger partial charge is 0.341 e. The molecule has 0 radical (unpaired) electrons. The quantitative estimate of drug-likeness (QED) is 0.579. The molecule has 0 aromatic heterocycles. The van der Waals surface area contributed by atoms with Crippen LogP contribution in [0.15, 0.2) is 24.3 Å². The van der Waals surface area contributed by atoms with E-state index >= 15 is 0 Å². The van der Waals surface area contributed by atoms with E-state index in [1.807, 2.05) is 18.2 Å². The topological polar surface area (TPSA) is 44.8 Å². The molecule has 17 heavy (non-hydrogen) atoms. The van der Waals surface area contributed by atoms with Gasteiger partial charge in [-0.25, -0.2) is 4.79 Å². The molecule has 0 spiro atoms. The minimum Gasteiger partial charge on any atom is -0.497 e. The van der Waals surface area contributed by atoms with Crippen molar-refractivity contribution in [3.8, 4) is 11.5 Å². The summed E-state index contributed by atoms with van der Waals surface area (Å²) in [6.07, 6.45) is 4.65. The molecule has 1 heterocycles. The Morgan fingerprint density at radius 1 is 1.29 bits per heavy atom. The standard InChI is InChI=1S/C13H14O4/c1-15-10-7-9-5-3-4-6-17-12(9)11(8-10)13(14)16-2/h3-4,7-8H,5-6H2,1-2H3. The van der Waals surface area contributed by atoms with E-state index in [1.165, 1.54) is 7.11 Å². The summed E-state index contributed by atoms with van der Waals surface area (Å²) in [5.74, 6) is 0.799. The van der Waals surface area contributed by atoms with Crippen molar-refractivity contribution in [2.75, 3.05) is 20.8 Å². The molecular formula is C13H14O4. The lowest BCUT2D eigenvalue weighted by Gasteiger charge is -2.13. The molecule has 1 aromatic rings. The third kappa shape index (κ3) is 2.25. The van der Waals surface area contributed by atoms with E-state index < -0.39 is 5.97 Å². The predicted octanol–water partition coefficient (Wildman–Crippen LogP) is 1.97. The second-order valence-corrected chi connectivity index (χ2v) is 3.64. The third-order valence-corrected chi connectivity index (χ3v) is 2.61. The van der Waals surface area contributed by atoms with E-state index in [2.05, 4.69) is 0 Å². The van der Waals surface area contributed by atoms with Gasteiger partial charge in [0.05, 0.1) is 14.2 Å². The van der Waals surface area contributed by atoms with Crippen LogP contribution in [0.4, 0.5) is 0 Å². The van der Waals surface area contributed by atoms with E-state index in [-0.39, 0.29) is 0 Å². The van der Waals surface area contributed by atoms with Crippen LogP contribution in [0, 0.1) is 0 Å². The highest BCUT2D eigenvalue weighted by atomic mass is 16.5. The molecule has 4 heteroatoms. The fourth-order valence-electron chi connectivity index (χ4n) is 1.77. The largest absolute Gasteiger partial charge is 0.497 e. The lowest BCUT2D eigenvalue weighted by Crippen LogP contribution is -2.07. The maximum Gasteiger partial charge on any atom is 0.341 e. The van der Waals surface area contributed by atoms with Gasteiger partial charge in [0.2, 0.25) is 0 Å². The molecule has 0 saturated heterocycles. The number of methoxy groups -OCH3 is 2. The van der Waals surface area contributed by atoms with Crippen molar-refractivity contribution in [2.24, 2.45) is 0 Å². The molecule has 2 rings (SSSR count). The number of esters is 1. The number of hydrogen-bond donors (Lipinski definition) is 0. The van der Waals surface area contributed by atoms with Crippen LogP contribution in [-0.4, -0.2) is 26.8 Å². The summed E-state index contributed by atoms with van der Waals surface area (Å²) in [5, 5.41) is 0. The first-order valence-electron chi connectivity index (χ1n) is 5.33. The van der Waals surface area contributed by atoms with Crippen LogP contribution >= 0.6 is 0 Å².